The number of sulfonamides is 1. The van der Waals surface area contributed by atoms with Gasteiger partial charge in [-0.05, 0) is 31.4 Å². The molecule has 1 aromatic carbocycles. The second kappa shape index (κ2) is 8.37. The van der Waals surface area contributed by atoms with Crippen LogP contribution in [0.2, 0.25) is 0 Å². The molecule has 134 valence electrons. The van der Waals surface area contributed by atoms with Gasteiger partial charge in [-0.25, -0.2) is 8.42 Å². The molecule has 1 aromatic rings. The van der Waals surface area contributed by atoms with E-state index in [1.165, 1.54) is 24.3 Å². The Morgan fingerprint density at radius 1 is 1.29 bits per heavy atom. The van der Waals surface area contributed by atoms with Crippen LogP contribution in [0.25, 0.3) is 0 Å². The number of anilines is 1. The highest BCUT2D eigenvalue weighted by atomic mass is 32.2. The Balaban J connectivity index is 1.96. The van der Waals surface area contributed by atoms with E-state index >= 15 is 0 Å². The third kappa shape index (κ3) is 5.12. The molecule has 0 aromatic heterocycles. The van der Waals surface area contributed by atoms with Gasteiger partial charge in [0.1, 0.15) is 5.75 Å². The van der Waals surface area contributed by atoms with Crippen LogP contribution in [0.15, 0.2) is 24.3 Å². The minimum absolute atomic E-state index is 0.00428. The molecule has 0 radical (unpaired) electrons. The first-order valence-electron chi connectivity index (χ1n) is 8.32. The van der Waals surface area contributed by atoms with E-state index in [9.17, 15) is 13.2 Å². The molecule has 24 heavy (non-hydrogen) atoms. The number of benzene rings is 1. The number of ether oxygens (including phenoxy) is 1. The van der Waals surface area contributed by atoms with Gasteiger partial charge in [-0.15, -0.1) is 0 Å². The summed E-state index contributed by atoms with van der Waals surface area (Å²) in [5.41, 5.74) is 0.499. The fourth-order valence-electron chi connectivity index (χ4n) is 3.05. The van der Waals surface area contributed by atoms with Crippen molar-refractivity contribution in [2.45, 2.75) is 44.6 Å². The molecule has 2 rings (SSSR count). The molecule has 0 spiro atoms. The second-order valence-electron chi connectivity index (χ2n) is 6.16. The zero-order valence-corrected chi connectivity index (χ0v) is 15.1. The SMILES string of the molecule is COc1ccccc1N(CCCC(=O)NC1CCCC1)S(C)(=O)=O. The van der Waals surface area contributed by atoms with E-state index in [1.807, 2.05) is 0 Å². The van der Waals surface area contributed by atoms with Gasteiger partial charge in [-0.2, -0.15) is 0 Å². The molecular weight excluding hydrogens is 328 g/mol. The van der Waals surface area contributed by atoms with Gasteiger partial charge in [0.15, 0.2) is 0 Å². The van der Waals surface area contributed by atoms with Crippen LogP contribution in [0.3, 0.4) is 0 Å². The van der Waals surface area contributed by atoms with Crippen LogP contribution >= 0.6 is 0 Å². The summed E-state index contributed by atoms with van der Waals surface area (Å²) in [5, 5.41) is 3.02. The number of nitrogens with zero attached hydrogens (tertiary/aromatic N) is 1. The summed E-state index contributed by atoms with van der Waals surface area (Å²) in [6, 6.07) is 7.28. The Hall–Kier alpha value is -1.76. The predicted octanol–water partition coefficient (Wildman–Crippen LogP) is 2.30. The Bertz CT molecular complexity index is 654. The van der Waals surface area contributed by atoms with E-state index in [1.54, 1.807) is 24.3 Å². The maximum Gasteiger partial charge on any atom is 0.232 e. The third-order valence-electron chi connectivity index (χ3n) is 4.24. The lowest BCUT2D eigenvalue weighted by Gasteiger charge is -2.24. The van der Waals surface area contributed by atoms with Gasteiger partial charge in [-0.3, -0.25) is 9.10 Å². The molecule has 0 atom stereocenters. The van der Waals surface area contributed by atoms with Crippen molar-refractivity contribution in [2.24, 2.45) is 0 Å². The number of hydrogen-bond donors (Lipinski definition) is 1. The van der Waals surface area contributed by atoms with Crippen LogP contribution in [-0.4, -0.2) is 40.3 Å². The third-order valence-corrected chi connectivity index (χ3v) is 5.42. The van der Waals surface area contributed by atoms with E-state index in [4.69, 9.17) is 4.74 Å². The summed E-state index contributed by atoms with van der Waals surface area (Å²) < 4.78 is 30.8. The van der Waals surface area contributed by atoms with Gasteiger partial charge >= 0.3 is 0 Å². The highest BCUT2D eigenvalue weighted by molar-refractivity contribution is 7.92. The number of carbonyl (C=O) groups excluding carboxylic acids is 1. The molecule has 0 aliphatic heterocycles. The van der Waals surface area contributed by atoms with Crippen molar-refractivity contribution in [1.82, 2.24) is 5.32 Å². The molecule has 0 bridgehead atoms. The second-order valence-corrected chi connectivity index (χ2v) is 8.07. The lowest BCUT2D eigenvalue weighted by Crippen LogP contribution is -2.34. The zero-order valence-electron chi connectivity index (χ0n) is 14.3. The largest absolute Gasteiger partial charge is 0.495 e. The van der Waals surface area contributed by atoms with E-state index in [0.717, 1.165) is 19.1 Å². The maximum absolute atomic E-state index is 12.1. The van der Waals surface area contributed by atoms with Crippen LogP contribution in [0.1, 0.15) is 38.5 Å². The summed E-state index contributed by atoms with van der Waals surface area (Å²) in [6.45, 7) is 0.247. The molecule has 1 fully saturated rings. The highest BCUT2D eigenvalue weighted by Crippen LogP contribution is 2.29. The molecule has 0 heterocycles. The number of hydrogen-bond acceptors (Lipinski definition) is 4. The van der Waals surface area contributed by atoms with Crippen LogP contribution in [0.4, 0.5) is 5.69 Å². The van der Waals surface area contributed by atoms with Gasteiger partial charge in [-0.1, -0.05) is 25.0 Å². The zero-order chi connectivity index (χ0) is 17.6. The Labute approximate surface area is 144 Å². The molecule has 7 heteroatoms. The monoisotopic (exact) mass is 354 g/mol. The summed E-state index contributed by atoms with van der Waals surface area (Å²) in [5.74, 6) is 0.494. The quantitative estimate of drug-likeness (QED) is 0.777. The fraction of sp³-hybridized carbons (Fsp3) is 0.588. The molecule has 1 saturated carbocycles. The molecule has 6 nitrogen and oxygen atoms in total. The van der Waals surface area contributed by atoms with Gasteiger partial charge in [0, 0.05) is 19.0 Å². The van der Waals surface area contributed by atoms with Gasteiger partial charge < -0.3 is 10.1 Å². The maximum atomic E-state index is 12.1. The standard InChI is InChI=1S/C17H26N2O4S/c1-23-16-11-6-5-10-15(16)19(24(2,21)22)13-7-12-17(20)18-14-8-3-4-9-14/h5-6,10-11,14H,3-4,7-9,12-13H2,1-2H3,(H,18,20). The smallest absolute Gasteiger partial charge is 0.232 e. The molecular formula is C17H26N2O4S. The summed E-state index contributed by atoms with van der Waals surface area (Å²) in [6.07, 6.45) is 6.37. The van der Waals surface area contributed by atoms with Gasteiger partial charge in [0.2, 0.25) is 15.9 Å². The Morgan fingerprint density at radius 3 is 2.58 bits per heavy atom. The summed E-state index contributed by atoms with van der Waals surface area (Å²) in [4.78, 5) is 12.0. The Morgan fingerprint density at radius 2 is 1.96 bits per heavy atom. The average Bonchev–Trinajstić information content (AvgIpc) is 3.03. The number of nitrogens with one attached hydrogen (secondary N) is 1. The minimum Gasteiger partial charge on any atom is -0.495 e. The lowest BCUT2D eigenvalue weighted by molar-refractivity contribution is -0.121. The fourth-order valence-corrected chi connectivity index (χ4v) is 4.02. The number of carbonyl (C=O) groups is 1. The van der Waals surface area contributed by atoms with Crippen molar-refractivity contribution in [2.75, 3.05) is 24.2 Å². The number of rotatable bonds is 8. The molecule has 0 saturated heterocycles. The summed E-state index contributed by atoms with van der Waals surface area (Å²) in [7, 11) is -1.94. The molecule has 1 aliphatic rings. The molecule has 0 unspecified atom stereocenters. The van der Waals surface area contributed by atoms with Crippen molar-refractivity contribution in [3.8, 4) is 5.75 Å². The van der Waals surface area contributed by atoms with Gasteiger partial charge in [0.05, 0.1) is 19.1 Å². The normalized spacial score (nSPS) is 15.2. The number of para-hydroxylation sites is 2. The molecule has 1 aliphatic carbocycles. The van der Waals surface area contributed by atoms with Crippen LogP contribution in [-0.2, 0) is 14.8 Å². The molecule has 1 N–H and O–H groups in total. The minimum atomic E-state index is -3.45. The van der Waals surface area contributed by atoms with Crippen molar-refractivity contribution < 1.29 is 17.9 Å². The Kier molecular flexibility index (Phi) is 6.48. The first-order chi connectivity index (χ1) is 11.4. The average molecular weight is 354 g/mol. The van der Waals surface area contributed by atoms with Crippen molar-refractivity contribution in [1.29, 1.82) is 0 Å². The topological polar surface area (TPSA) is 75.7 Å². The van der Waals surface area contributed by atoms with Crippen molar-refractivity contribution >= 4 is 21.6 Å². The lowest BCUT2D eigenvalue weighted by atomic mass is 10.2. The number of methoxy groups -OCH3 is 1. The first kappa shape index (κ1) is 18.6. The van der Waals surface area contributed by atoms with Crippen LogP contribution in [0, 0.1) is 0 Å². The molecule has 1 amide bonds. The van der Waals surface area contributed by atoms with Crippen LogP contribution < -0.4 is 14.4 Å². The van der Waals surface area contributed by atoms with E-state index in [-0.39, 0.29) is 18.5 Å². The van der Waals surface area contributed by atoms with E-state index < -0.39 is 10.0 Å². The highest BCUT2D eigenvalue weighted by Gasteiger charge is 2.21. The van der Waals surface area contributed by atoms with E-state index in [2.05, 4.69) is 5.32 Å². The van der Waals surface area contributed by atoms with E-state index in [0.29, 0.717) is 24.3 Å². The van der Waals surface area contributed by atoms with Crippen molar-refractivity contribution in [3.63, 3.8) is 0 Å². The van der Waals surface area contributed by atoms with Gasteiger partial charge in [0.25, 0.3) is 0 Å². The van der Waals surface area contributed by atoms with Crippen LogP contribution in [0.5, 0.6) is 5.75 Å². The van der Waals surface area contributed by atoms with Crippen molar-refractivity contribution in [3.05, 3.63) is 24.3 Å². The predicted molar refractivity (Wildman–Crippen MR) is 94.8 cm³/mol. The number of amides is 1. The summed E-state index contributed by atoms with van der Waals surface area (Å²) >= 11 is 0. The first-order valence-corrected chi connectivity index (χ1v) is 10.2.